The van der Waals surface area contributed by atoms with Gasteiger partial charge in [-0.25, -0.2) is 0 Å². The van der Waals surface area contributed by atoms with Crippen molar-refractivity contribution in [2.45, 2.75) is 13.5 Å². The number of nitrogens with zero attached hydrogens (tertiary/aromatic N) is 1. The maximum absolute atomic E-state index is 12.1. The Balaban J connectivity index is 1.53. The lowest BCUT2D eigenvalue weighted by molar-refractivity contribution is -0.117. The van der Waals surface area contributed by atoms with Gasteiger partial charge in [-0.3, -0.25) is 9.59 Å². The number of hydrogen-bond donors (Lipinski definition) is 1. The summed E-state index contributed by atoms with van der Waals surface area (Å²) in [5.41, 5.74) is 1.89. The van der Waals surface area contributed by atoms with E-state index in [1.165, 1.54) is 12.3 Å². The number of aliphatic imine (C=N–C) groups is 1. The average Bonchev–Trinajstić information content (AvgIpc) is 3.05. The first kappa shape index (κ1) is 21.8. The number of hydrogen-bond acceptors (Lipinski definition) is 4. The summed E-state index contributed by atoms with van der Waals surface area (Å²) in [6, 6.07) is 18.1. The number of fused-ring (bicyclic) bond motifs is 1. The molecule has 4 rings (SSSR count). The van der Waals surface area contributed by atoms with Crippen LogP contribution in [0.25, 0.3) is 16.8 Å². The van der Waals surface area contributed by atoms with Gasteiger partial charge in [-0.2, -0.15) is 4.99 Å². The average molecular weight is 560 g/mol. The topological polar surface area (TPSA) is 67.8 Å². The van der Waals surface area contributed by atoms with Crippen LogP contribution >= 0.6 is 43.6 Å². The van der Waals surface area contributed by atoms with Gasteiger partial charge in [0.2, 0.25) is 5.91 Å². The number of thioether (sulfide) groups is 1. The molecular formula is C23H16Br2N2O3S. The minimum absolute atomic E-state index is 0.265. The molecule has 0 radical (unpaired) electrons. The number of nitrogens with one attached hydrogen (secondary N) is 1. The van der Waals surface area contributed by atoms with Gasteiger partial charge in [-0.15, -0.1) is 0 Å². The minimum atomic E-state index is -0.378. The molecule has 8 heteroatoms. The van der Waals surface area contributed by atoms with Gasteiger partial charge >= 0.3 is 0 Å². The number of benzene rings is 3. The number of ether oxygens (including phenoxy) is 1. The smallest absolute Gasteiger partial charge is 0.286 e. The quantitative estimate of drug-likeness (QED) is 0.395. The molecule has 3 aromatic rings. The monoisotopic (exact) mass is 558 g/mol. The van der Waals surface area contributed by atoms with Gasteiger partial charge < -0.3 is 10.1 Å². The Morgan fingerprint density at radius 2 is 1.84 bits per heavy atom. The van der Waals surface area contributed by atoms with E-state index in [1.54, 1.807) is 6.08 Å². The van der Waals surface area contributed by atoms with Crippen molar-refractivity contribution in [3.63, 3.8) is 0 Å². The largest absolute Gasteiger partial charge is 0.487 e. The third-order valence-electron chi connectivity index (χ3n) is 4.47. The van der Waals surface area contributed by atoms with Gasteiger partial charge in [0.05, 0.1) is 13.9 Å². The maximum Gasteiger partial charge on any atom is 0.286 e. The Labute approximate surface area is 200 Å². The normalized spacial score (nSPS) is 14.7. The van der Waals surface area contributed by atoms with E-state index in [2.05, 4.69) is 66.4 Å². The molecule has 3 aromatic carbocycles. The molecule has 0 bridgehead atoms. The fourth-order valence-corrected chi connectivity index (χ4v) is 5.44. The van der Waals surface area contributed by atoms with Crippen molar-refractivity contribution in [3.8, 4) is 5.75 Å². The van der Waals surface area contributed by atoms with Gasteiger partial charge in [0.15, 0.2) is 5.17 Å². The fraction of sp³-hybridized carbons (Fsp3) is 0.0870. The Kier molecular flexibility index (Phi) is 6.60. The van der Waals surface area contributed by atoms with Crippen molar-refractivity contribution in [3.05, 3.63) is 79.6 Å². The van der Waals surface area contributed by atoms with Gasteiger partial charge in [0.1, 0.15) is 12.4 Å². The molecular weight excluding hydrogens is 544 g/mol. The highest BCUT2D eigenvalue weighted by molar-refractivity contribution is 9.11. The number of halogens is 2. The first-order valence-electron chi connectivity index (χ1n) is 9.29. The van der Waals surface area contributed by atoms with E-state index in [0.29, 0.717) is 17.3 Å². The van der Waals surface area contributed by atoms with Crippen molar-refractivity contribution >= 4 is 77.5 Å². The predicted molar refractivity (Wildman–Crippen MR) is 132 cm³/mol. The van der Waals surface area contributed by atoms with E-state index < -0.39 is 0 Å². The molecule has 0 aromatic heterocycles. The molecule has 0 spiro atoms. The van der Waals surface area contributed by atoms with Gasteiger partial charge in [-0.1, -0.05) is 42.5 Å². The number of carbonyl (C=O) groups is 2. The number of rotatable bonds is 4. The zero-order valence-electron chi connectivity index (χ0n) is 16.3. The zero-order chi connectivity index (χ0) is 22.0. The van der Waals surface area contributed by atoms with Gasteiger partial charge in [0, 0.05) is 6.92 Å². The van der Waals surface area contributed by atoms with Crippen molar-refractivity contribution in [2.24, 2.45) is 4.99 Å². The third-order valence-corrected chi connectivity index (χ3v) is 6.55. The highest BCUT2D eigenvalue weighted by atomic mass is 79.9. The standard InChI is InChI=1S/C23H16Br2N2O3S/c1-13(28)26-23-27-22(29)20(31-23)11-14-9-18(24)21(19(25)10-14)30-12-16-7-4-6-15-5-2-3-8-17(15)16/h2-11H,12H2,1H3,(H,26,27,28,29)/b20-11-. The maximum atomic E-state index is 12.1. The van der Waals surface area contributed by atoms with E-state index in [0.717, 1.165) is 37.2 Å². The van der Waals surface area contributed by atoms with Crippen LogP contribution in [0.4, 0.5) is 0 Å². The molecule has 0 fully saturated rings. The third kappa shape index (κ3) is 5.08. The molecule has 1 heterocycles. The Morgan fingerprint density at radius 1 is 1.13 bits per heavy atom. The van der Waals surface area contributed by atoms with Crippen molar-refractivity contribution in [2.75, 3.05) is 0 Å². The van der Waals surface area contributed by atoms with Crippen LogP contribution in [-0.4, -0.2) is 17.0 Å². The summed E-state index contributed by atoms with van der Waals surface area (Å²) in [7, 11) is 0. The molecule has 2 amide bonds. The highest BCUT2D eigenvalue weighted by Gasteiger charge is 2.22. The molecule has 0 aliphatic carbocycles. The van der Waals surface area contributed by atoms with Crippen molar-refractivity contribution in [1.29, 1.82) is 0 Å². The van der Waals surface area contributed by atoms with E-state index in [9.17, 15) is 9.59 Å². The van der Waals surface area contributed by atoms with Crippen LogP contribution in [0.15, 0.2) is 73.4 Å². The summed E-state index contributed by atoms with van der Waals surface area (Å²) in [4.78, 5) is 27.6. The molecule has 156 valence electrons. The molecule has 31 heavy (non-hydrogen) atoms. The van der Waals surface area contributed by atoms with Crippen molar-refractivity contribution < 1.29 is 14.3 Å². The molecule has 1 N–H and O–H groups in total. The lowest BCUT2D eigenvalue weighted by Gasteiger charge is -2.13. The summed E-state index contributed by atoms with van der Waals surface area (Å²) in [5.74, 6) is 0.0337. The van der Waals surface area contributed by atoms with Crippen LogP contribution in [0.5, 0.6) is 5.75 Å². The fourth-order valence-electron chi connectivity index (χ4n) is 3.13. The first-order valence-corrected chi connectivity index (χ1v) is 11.7. The van der Waals surface area contributed by atoms with Crippen LogP contribution in [0.1, 0.15) is 18.1 Å². The highest BCUT2D eigenvalue weighted by Crippen LogP contribution is 2.37. The second-order valence-electron chi connectivity index (χ2n) is 6.75. The van der Waals surface area contributed by atoms with Gasteiger partial charge in [-0.05, 0) is 83.7 Å². The zero-order valence-corrected chi connectivity index (χ0v) is 20.3. The summed E-state index contributed by atoms with van der Waals surface area (Å²) in [6.07, 6.45) is 1.73. The number of amidine groups is 1. The lowest BCUT2D eigenvalue weighted by Crippen LogP contribution is -2.23. The van der Waals surface area contributed by atoms with Crippen LogP contribution in [0, 0.1) is 0 Å². The molecule has 0 saturated heterocycles. The van der Waals surface area contributed by atoms with E-state index in [4.69, 9.17) is 4.74 Å². The molecule has 0 unspecified atom stereocenters. The Morgan fingerprint density at radius 3 is 2.58 bits per heavy atom. The number of amides is 2. The van der Waals surface area contributed by atoms with Crippen LogP contribution in [0.3, 0.4) is 0 Å². The summed E-state index contributed by atoms with van der Waals surface area (Å²) in [6.45, 7) is 1.79. The number of carbonyl (C=O) groups excluding carboxylic acids is 2. The summed E-state index contributed by atoms with van der Waals surface area (Å²) >= 11 is 8.27. The predicted octanol–water partition coefficient (Wildman–Crippen LogP) is 6.05. The molecule has 0 saturated carbocycles. The molecule has 0 atom stereocenters. The van der Waals surface area contributed by atoms with Crippen LogP contribution in [0.2, 0.25) is 0 Å². The summed E-state index contributed by atoms with van der Waals surface area (Å²) < 4.78 is 7.63. The Hall–Kier alpha value is -2.42. The molecule has 1 aliphatic rings. The molecule has 1 aliphatic heterocycles. The SMILES string of the molecule is CC(=O)NC1=NC(=O)/C(=C/c2cc(Br)c(OCc3cccc4ccccc34)c(Br)c2)S1. The van der Waals surface area contributed by atoms with E-state index in [-0.39, 0.29) is 17.0 Å². The minimum Gasteiger partial charge on any atom is -0.487 e. The van der Waals surface area contributed by atoms with Gasteiger partial charge in [0.25, 0.3) is 5.91 Å². The van der Waals surface area contributed by atoms with Crippen LogP contribution < -0.4 is 10.1 Å². The Bertz CT molecular complexity index is 1240. The lowest BCUT2D eigenvalue weighted by atomic mass is 10.1. The van der Waals surface area contributed by atoms with E-state index >= 15 is 0 Å². The molecule has 5 nitrogen and oxygen atoms in total. The second-order valence-corrected chi connectivity index (χ2v) is 9.49. The van der Waals surface area contributed by atoms with Crippen molar-refractivity contribution in [1.82, 2.24) is 5.32 Å². The van der Waals surface area contributed by atoms with Crippen LogP contribution in [-0.2, 0) is 16.2 Å². The second kappa shape index (κ2) is 9.38. The van der Waals surface area contributed by atoms with E-state index in [1.807, 2.05) is 30.3 Å². The first-order chi connectivity index (χ1) is 14.9. The summed E-state index contributed by atoms with van der Waals surface area (Å²) in [5, 5.41) is 5.15.